The molecule has 0 N–H and O–H groups in total. The smallest absolute Gasteiger partial charge is 0.306 e. The number of hydrogen-bond donors (Lipinski definition) is 0. The number of unbranched alkanes of at least 4 members (excludes halogenated alkanes) is 12. The minimum atomic E-state index is -0.834. The molecule has 0 rings (SSSR count). The van der Waals surface area contributed by atoms with Crippen molar-refractivity contribution >= 4 is 17.9 Å². The first-order valence-electron chi connectivity index (χ1n) is 24.4. The molecule has 6 heteroatoms. The molecule has 0 aliphatic heterocycles. The summed E-state index contributed by atoms with van der Waals surface area (Å²) in [6, 6.07) is 0. The quantitative estimate of drug-likeness (QED) is 0.0200. The zero-order valence-electron chi connectivity index (χ0n) is 39.8. The summed E-state index contributed by atoms with van der Waals surface area (Å²) in [5, 5.41) is 0. The third-order valence-electron chi connectivity index (χ3n) is 9.50. The third-order valence-corrected chi connectivity index (χ3v) is 9.50. The van der Waals surface area contributed by atoms with Gasteiger partial charge in [-0.3, -0.25) is 14.4 Å². The lowest BCUT2D eigenvalue weighted by atomic mass is 10.1. The van der Waals surface area contributed by atoms with Gasteiger partial charge in [0, 0.05) is 19.3 Å². The first-order valence-corrected chi connectivity index (χ1v) is 24.4. The highest BCUT2D eigenvalue weighted by molar-refractivity contribution is 5.71. The molecule has 0 amide bonds. The summed E-state index contributed by atoms with van der Waals surface area (Å²) in [5.41, 5.74) is 0. The second-order valence-corrected chi connectivity index (χ2v) is 15.4. The van der Waals surface area contributed by atoms with Gasteiger partial charge in [0.05, 0.1) is 0 Å². The van der Waals surface area contributed by atoms with Crippen molar-refractivity contribution in [2.45, 2.75) is 181 Å². The maximum atomic E-state index is 12.8. The summed E-state index contributed by atoms with van der Waals surface area (Å²) in [4.78, 5) is 37.9. The van der Waals surface area contributed by atoms with Crippen LogP contribution in [0.25, 0.3) is 0 Å². The number of rotatable bonds is 41. The molecule has 350 valence electrons. The molecule has 0 saturated heterocycles. The third kappa shape index (κ3) is 48.2. The molecule has 0 aliphatic rings. The van der Waals surface area contributed by atoms with E-state index < -0.39 is 6.10 Å². The molecule has 0 aliphatic carbocycles. The average Bonchev–Trinajstić information content (AvgIpc) is 3.28. The van der Waals surface area contributed by atoms with Crippen LogP contribution >= 0.6 is 0 Å². The van der Waals surface area contributed by atoms with E-state index in [2.05, 4.69) is 106 Å². The zero-order valence-corrected chi connectivity index (χ0v) is 39.8. The fraction of sp³-hybridized carbons (Fsp3) is 0.526. The van der Waals surface area contributed by atoms with Crippen molar-refractivity contribution in [1.82, 2.24) is 0 Å². The molecule has 0 bridgehead atoms. The van der Waals surface area contributed by atoms with Gasteiger partial charge in [0.2, 0.25) is 0 Å². The molecule has 0 radical (unpaired) electrons. The first kappa shape index (κ1) is 58.3. The second-order valence-electron chi connectivity index (χ2n) is 15.4. The van der Waals surface area contributed by atoms with Crippen molar-refractivity contribution in [3.05, 3.63) is 146 Å². The SMILES string of the molecule is CC/C=C/C=C/C=C/C=C/CCCCCCCC(=O)OC(COC(=O)CCC/C=C/C/C=C/C/C=C/C/C=C/CCCCC)COC(=O)CCCCC/C=C/C=C/C=C/C=C/CC. The Hall–Kier alpha value is -4.71. The van der Waals surface area contributed by atoms with E-state index in [1.54, 1.807) is 0 Å². The molecule has 6 nitrogen and oxygen atoms in total. The van der Waals surface area contributed by atoms with Gasteiger partial charge in [-0.25, -0.2) is 0 Å². The van der Waals surface area contributed by atoms with Gasteiger partial charge >= 0.3 is 17.9 Å². The largest absolute Gasteiger partial charge is 0.462 e. The molecule has 0 heterocycles. The van der Waals surface area contributed by atoms with Gasteiger partial charge in [0.25, 0.3) is 0 Å². The number of ether oxygens (including phenoxy) is 3. The minimum absolute atomic E-state index is 0.132. The van der Waals surface area contributed by atoms with Gasteiger partial charge < -0.3 is 14.2 Å². The lowest BCUT2D eigenvalue weighted by Gasteiger charge is -2.18. The maximum Gasteiger partial charge on any atom is 0.306 e. The average molecular weight is 867 g/mol. The van der Waals surface area contributed by atoms with Crippen molar-refractivity contribution in [3.8, 4) is 0 Å². The van der Waals surface area contributed by atoms with E-state index in [0.717, 1.165) is 103 Å². The van der Waals surface area contributed by atoms with Crippen LogP contribution in [0.4, 0.5) is 0 Å². The van der Waals surface area contributed by atoms with E-state index in [-0.39, 0.29) is 44.0 Å². The Bertz CT molecular complexity index is 1460. The van der Waals surface area contributed by atoms with Crippen LogP contribution in [0.3, 0.4) is 0 Å². The lowest BCUT2D eigenvalue weighted by molar-refractivity contribution is -0.167. The molecular weight excluding hydrogens is 781 g/mol. The molecule has 0 aromatic carbocycles. The molecule has 0 spiro atoms. The van der Waals surface area contributed by atoms with Crippen molar-refractivity contribution in [2.75, 3.05) is 13.2 Å². The van der Waals surface area contributed by atoms with Crippen molar-refractivity contribution in [2.24, 2.45) is 0 Å². The fourth-order valence-corrected chi connectivity index (χ4v) is 5.86. The van der Waals surface area contributed by atoms with E-state index in [4.69, 9.17) is 14.2 Å². The predicted molar refractivity (Wildman–Crippen MR) is 269 cm³/mol. The number of allylic oxidation sites excluding steroid dienone is 24. The second kappa shape index (κ2) is 49.9. The normalized spacial score (nSPS) is 13.4. The number of esters is 3. The fourth-order valence-electron chi connectivity index (χ4n) is 5.86. The highest BCUT2D eigenvalue weighted by Gasteiger charge is 2.19. The monoisotopic (exact) mass is 867 g/mol. The molecular formula is C57H86O6. The van der Waals surface area contributed by atoms with E-state index in [1.165, 1.54) is 25.7 Å². The Morgan fingerprint density at radius 3 is 1.19 bits per heavy atom. The van der Waals surface area contributed by atoms with E-state index in [9.17, 15) is 14.4 Å². The molecule has 0 saturated carbocycles. The van der Waals surface area contributed by atoms with Gasteiger partial charge in [0.1, 0.15) is 13.2 Å². The Morgan fingerprint density at radius 2 is 0.698 bits per heavy atom. The van der Waals surface area contributed by atoms with Gasteiger partial charge in [0.15, 0.2) is 6.10 Å². The van der Waals surface area contributed by atoms with Crippen LogP contribution in [-0.4, -0.2) is 37.2 Å². The molecule has 63 heavy (non-hydrogen) atoms. The molecule has 1 unspecified atom stereocenters. The molecule has 0 fully saturated rings. The number of hydrogen-bond acceptors (Lipinski definition) is 6. The van der Waals surface area contributed by atoms with Crippen molar-refractivity contribution in [1.29, 1.82) is 0 Å². The van der Waals surface area contributed by atoms with Gasteiger partial charge in [-0.15, -0.1) is 0 Å². The first-order chi connectivity index (χ1) is 31.0. The minimum Gasteiger partial charge on any atom is -0.462 e. The summed E-state index contributed by atoms with van der Waals surface area (Å²) in [6.07, 6.45) is 71.2. The standard InChI is InChI=1S/C57H86O6/c1-4-7-10-13-16-19-22-25-27-28-30-32-35-38-41-44-47-50-56(59)62-53-54(52-61-55(58)49-46-43-40-37-34-31-24-21-18-15-12-9-6-3)63-57(60)51-48-45-42-39-36-33-29-26-23-20-17-14-11-8-5-2/h8-9,11-12,14-21,23-27,29-32,34,38,41,54H,4-7,10,13,22,28,33,35-37,39-40,42-53H2,1-3H3/b11-8+,12-9+,17-14+,18-15+,19-16+,23-20+,24-21+,27-25+,29-26+,32-30+,34-31+,41-38+. The Morgan fingerprint density at radius 1 is 0.349 bits per heavy atom. The summed E-state index contributed by atoms with van der Waals surface area (Å²) in [6.45, 7) is 6.19. The maximum absolute atomic E-state index is 12.8. The molecule has 0 aromatic rings. The Kier molecular flexibility index (Phi) is 46.2. The van der Waals surface area contributed by atoms with Crippen LogP contribution in [0, 0.1) is 0 Å². The number of carbonyl (C=O) groups excluding carboxylic acids is 3. The van der Waals surface area contributed by atoms with Crippen LogP contribution in [0.5, 0.6) is 0 Å². The highest BCUT2D eigenvalue weighted by atomic mass is 16.6. The zero-order chi connectivity index (χ0) is 45.8. The summed E-state index contributed by atoms with van der Waals surface area (Å²) < 4.78 is 16.7. The van der Waals surface area contributed by atoms with Crippen LogP contribution in [0.15, 0.2) is 146 Å². The topological polar surface area (TPSA) is 78.9 Å². The Labute approximate surface area is 385 Å². The summed E-state index contributed by atoms with van der Waals surface area (Å²) in [5.74, 6) is -1.06. The van der Waals surface area contributed by atoms with E-state index in [0.29, 0.717) is 12.8 Å². The van der Waals surface area contributed by atoms with Gasteiger partial charge in [-0.1, -0.05) is 205 Å². The predicted octanol–water partition coefficient (Wildman–Crippen LogP) is 16.1. The van der Waals surface area contributed by atoms with Crippen LogP contribution in [-0.2, 0) is 28.6 Å². The summed E-state index contributed by atoms with van der Waals surface area (Å²) >= 11 is 0. The van der Waals surface area contributed by atoms with Crippen LogP contribution in [0.2, 0.25) is 0 Å². The number of carbonyl (C=O) groups is 3. The van der Waals surface area contributed by atoms with E-state index in [1.807, 2.05) is 60.8 Å². The van der Waals surface area contributed by atoms with Gasteiger partial charge in [-0.05, 0) is 96.3 Å². The van der Waals surface area contributed by atoms with Crippen molar-refractivity contribution < 1.29 is 28.6 Å². The Balaban J connectivity index is 4.62. The van der Waals surface area contributed by atoms with Crippen LogP contribution in [0.1, 0.15) is 175 Å². The van der Waals surface area contributed by atoms with Crippen molar-refractivity contribution in [3.63, 3.8) is 0 Å². The van der Waals surface area contributed by atoms with Gasteiger partial charge in [-0.2, -0.15) is 0 Å². The molecule has 1 atom stereocenters. The lowest BCUT2D eigenvalue weighted by Crippen LogP contribution is -2.30. The highest BCUT2D eigenvalue weighted by Crippen LogP contribution is 2.11. The molecule has 0 aromatic heterocycles. The van der Waals surface area contributed by atoms with E-state index >= 15 is 0 Å². The summed E-state index contributed by atoms with van der Waals surface area (Å²) in [7, 11) is 0. The van der Waals surface area contributed by atoms with Crippen LogP contribution < -0.4 is 0 Å².